The number of benzene rings is 7. The standard InChI is InChI=1S/C52H33N5O/c1-4-14-32(15-5-1)49-39-26-29-46-48(38-21-11-13-23-45(38)58-46)47(39)41-31-34(24-27-42(41)53-49)51-54-50(33-16-6-2-7-17-33)55-52(56-51)35-25-28-44-40(30-35)37-20-10-12-22-43(37)57(44)36-18-8-3-9-19-36/h1,3-6,8-31H,2,7H2. The van der Waals surface area contributed by atoms with Crippen molar-refractivity contribution in [3.05, 3.63) is 182 Å². The Morgan fingerprint density at radius 1 is 0.448 bits per heavy atom. The predicted octanol–water partition coefficient (Wildman–Crippen LogP) is 13.3. The van der Waals surface area contributed by atoms with E-state index in [1.54, 1.807) is 0 Å². The van der Waals surface area contributed by atoms with Crippen LogP contribution in [0.25, 0.3) is 111 Å². The van der Waals surface area contributed by atoms with Crippen LogP contribution in [0, 0.1) is 0 Å². The molecule has 6 nitrogen and oxygen atoms in total. The van der Waals surface area contributed by atoms with Crippen LogP contribution in [-0.4, -0.2) is 24.5 Å². The van der Waals surface area contributed by atoms with Crippen LogP contribution < -0.4 is 0 Å². The van der Waals surface area contributed by atoms with Crippen molar-refractivity contribution >= 4 is 71.0 Å². The molecule has 4 heterocycles. The molecule has 0 aliphatic heterocycles. The van der Waals surface area contributed by atoms with Gasteiger partial charge in [-0.1, -0.05) is 103 Å². The Balaban J connectivity index is 1.10. The average molecular weight is 744 g/mol. The summed E-state index contributed by atoms with van der Waals surface area (Å²) >= 11 is 0. The summed E-state index contributed by atoms with van der Waals surface area (Å²) in [6.07, 6.45) is 8.50. The Bertz CT molecular complexity index is 3510. The molecule has 0 fully saturated rings. The van der Waals surface area contributed by atoms with E-state index < -0.39 is 0 Å². The van der Waals surface area contributed by atoms with E-state index in [0.29, 0.717) is 17.5 Å². The van der Waals surface area contributed by atoms with Crippen molar-refractivity contribution in [2.45, 2.75) is 12.8 Å². The largest absolute Gasteiger partial charge is 0.456 e. The lowest BCUT2D eigenvalue weighted by molar-refractivity contribution is 0.669. The minimum atomic E-state index is 0.609. The molecular formula is C52H33N5O. The van der Waals surface area contributed by atoms with Crippen molar-refractivity contribution in [2.24, 2.45) is 0 Å². The summed E-state index contributed by atoms with van der Waals surface area (Å²) in [7, 11) is 0. The molecule has 0 saturated heterocycles. The molecule has 4 aromatic heterocycles. The highest BCUT2D eigenvalue weighted by Crippen LogP contribution is 2.42. The molecule has 0 unspecified atom stereocenters. The lowest BCUT2D eigenvalue weighted by atomic mass is 9.95. The minimum Gasteiger partial charge on any atom is -0.456 e. The summed E-state index contributed by atoms with van der Waals surface area (Å²) in [5, 5.41) is 7.65. The SMILES string of the molecule is C1=CC(c2nc(-c3ccc4nc(-c5ccccc5)c5ccc6oc7ccccc7c6c5c4c3)nc(-c3ccc4c(c3)c3ccccc3n4-c3ccccc3)n2)=CCC1. The van der Waals surface area contributed by atoms with E-state index in [4.69, 9.17) is 24.4 Å². The Morgan fingerprint density at radius 3 is 1.95 bits per heavy atom. The highest BCUT2D eigenvalue weighted by Gasteiger charge is 2.20. The average Bonchev–Trinajstić information content (AvgIpc) is 3.85. The fraction of sp³-hybridized carbons (Fsp3) is 0.0385. The van der Waals surface area contributed by atoms with Crippen molar-refractivity contribution in [3.8, 4) is 39.7 Å². The third kappa shape index (κ3) is 5.12. The van der Waals surface area contributed by atoms with Crippen LogP contribution in [0.5, 0.6) is 0 Å². The zero-order valence-corrected chi connectivity index (χ0v) is 31.3. The van der Waals surface area contributed by atoms with Crippen molar-refractivity contribution in [3.63, 3.8) is 0 Å². The Morgan fingerprint density at radius 2 is 1.14 bits per heavy atom. The third-order valence-corrected chi connectivity index (χ3v) is 11.4. The second-order valence-corrected chi connectivity index (χ2v) is 14.9. The number of nitrogens with zero attached hydrogens (tertiary/aromatic N) is 5. The van der Waals surface area contributed by atoms with Gasteiger partial charge in [-0.15, -0.1) is 0 Å². The molecule has 7 aromatic carbocycles. The van der Waals surface area contributed by atoms with Crippen molar-refractivity contribution < 1.29 is 4.42 Å². The van der Waals surface area contributed by atoms with E-state index in [2.05, 4.69) is 162 Å². The van der Waals surface area contributed by atoms with Gasteiger partial charge in [0.1, 0.15) is 11.2 Å². The van der Waals surface area contributed by atoms with E-state index in [1.165, 1.54) is 5.39 Å². The number of hydrogen-bond donors (Lipinski definition) is 0. The van der Waals surface area contributed by atoms with E-state index >= 15 is 0 Å². The summed E-state index contributed by atoms with van der Waals surface area (Å²) in [6.45, 7) is 0. The summed E-state index contributed by atoms with van der Waals surface area (Å²) in [4.78, 5) is 20.9. The first kappa shape index (κ1) is 32.5. The van der Waals surface area contributed by atoms with Crippen LogP contribution in [0.2, 0.25) is 0 Å². The summed E-state index contributed by atoms with van der Waals surface area (Å²) in [6, 6.07) is 55.0. The van der Waals surface area contributed by atoms with Gasteiger partial charge in [0.2, 0.25) is 0 Å². The van der Waals surface area contributed by atoms with Gasteiger partial charge < -0.3 is 8.98 Å². The van der Waals surface area contributed by atoms with Gasteiger partial charge in [0, 0.05) is 65.7 Å². The maximum absolute atomic E-state index is 6.43. The molecular weight excluding hydrogens is 711 g/mol. The van der Waals surface area contributed by atoms with Gasteiger partial charge >= 0.3 is 0 Å². The summed E-state index contributed by atoms with van der Waals surface area (Å²) in [5.41, 5.74) is 10.8. The molecule has 1 aliphatic rings. The van der Waals surface area contributed by atoms with Crippen LogP contribution in [0.1, 0.15) is 18.7 Å². The molecule has 1 aliphatic carbocycles. The molecule has 12 rings (SSSR count). The van der Waals surface area contributed by atoms with Crippen LogP contribution >= 0.6 is 0 Å². The monoisotopic (exact) mass is 743 g/mol. The Labute approximate surface area is 333 Å². The van der Waals surface area contributed by atoms with Gasteiger partial charge in [0.25, 0.3) is 0 Å². The fourth-order valence-corrected chi connectivity index (χ4v) is 8.77. The van der Waals surface area contributed by atoms with Crippen LogP contribution in [0.15, 0.2) is 180 Å². The number of rotatable bonds is 5. The fourth-order valence-electron chi connectivity index (χ4n) is 8.77. The number of para-hydroxylation sites is 3. The molecule has 0 bridgehead atoms. The molecule has 11 aromatic rings. The van der Waals surface area contributed by atoms with Gasteiger partial charge in [-0.3, -0.25) is 0 Å². The maximum Gasteiger partial charge on any atom is 0.164 e. The summed E-state index contributed by atoms with van der Waals surface area (Å²) in [5.74, 6) is 1.90. The highest BCUT2D eigenvalue weighted by molar-refractivity contribution is 6.28. The van der Waals surface area contributed by atoms with E-state index in [9.17, 15) is 0 Å². The molecule has 58 heavy (non-hydrogen) atoms. The van der Waals surface area contributed by atoms with Gasteiger partial charge in [-0.2, -0.15) is 0 Å². The molecule has 0 saturated carbocycles. The number of hydrogen-bond acceptors (Lipinski definition) is 5. The Hall–Kier alpha value is -7.70. The van der Waals surface area contributed by atoms with E-state index in [0.717, 1.165) is 107 Å². The lowest BCUT2D eigenvalue weighted by Gasteiger charge is -2.13. The first-order valence-corrected chi connectivity index (χ1v) is 19.7. The quantitative estimate of drug-likeness (QED) is 0.164. The normalized spacial score (nSPS) is 13.1. The number of fused-ring (bicyclic) bond motifs is 10. The molecule has 0 atom stereocenters. The molecule has 6 heteroatoms. The van der Waals surface area contributed by atoms with Gasteiger partial charge in [-0.25, -0.2) is 19.9 Å². The highest BCUT2D eigenvalue weighted by atomic mass is 16.3. The summed E-state index contributed by atoms with van der Waals surface area (Å²) < 4.78 is 8.76. The number of furan rings is 1. The van der Waals surface area contributed by atoms with E-state index in [-0.39, 0.29) is 0 Å². The second kappa shape index (κ2) is 12.9. The molecule has 0 spiro atoms. The molecule has 0 N–H and O–H groups in total. The number of aromatic nitrogens is 5. The lowest BCUT2D eigenvalue weighted by Crippen LogP contribution is -2.03. The van der Waals surface area contributed by atoms with E-state index in [1.807, 2.05) is 18.2 Å². The molecule has 272 valence electrons. The smallest absolute Gasteiger partial charge is 0.164 e. The second-order valence-electron chi connectivity index (χ2n) is 14.9. The van der Waals surface area contributed by atoms with Crippen LogP contribution in [0.4, 0.5) is 0 Å². The Kier molecular flexibility index (Phi) is 7.25. The van der Waals surface area contributed by atoms with Crippen molar-refractivity contribution in [1.82, 2.24) is 24.5 Å². The zero-order valence-electron chi connectivity index (χ0n) is 31.3. The first-order valence-electron chi connectivity index (χ1n) is 19.7. The number of allylic oxidation sites excluding steroid dienone is 4. The molecule has 0 amide bonds. The minimum absolute atomic E-state index is 0.609. The van der Waals surface area contributed by atoms with Crippen molar-refractivity contribution in [1.29, 1.82) is 0 Å². The van der Waals surface area contributed by atoms with Gasteiger partial charge in [0.05, 0.1) is 22.2 Å². The van der Waals surface area contributed by atoms with Crippen molar-refractivity contribution in [2.75, 3.05) is 0 Å². The third-order valence-electron chi connectivity index (χ3n) is 11.4. The zero-order chi connectivity index (χ0) is 38.2. The van der Waals surface area contributed by atoms with Crippen LogP contribution in [0.3, 0.4) is 0 Å². The van der Waals surface area contributed by atoms with Gasteiger partial charge in [0.15, 0.2) is 17.5 Å². The molecule has 0 radical (unpaired) electrons. The maximum atomic E-state index is 6.43. The number of pyridine rings is 1. The topological polar surface area (TPSA) is 69.6 Å². The van der Waals surface area contributed by atoms with Crippen LogP contribution in [-0.2, 0) is 0 Å². The first-order chi connectivity index (χ1) is 28.7. The predicted molar refractivity (Wildman–Crippen MR) is 237 cm³/mol. The van der Waals surface area contributed by atoms with Gasteiger partial charge in [-0.05, 0) is 85.6 Å².